The van der Waals surface area contributed by atoms with Crippen molar-refractivity contribution in [3.63, 3.8) is 0 Å². The summed E-state index contributed by atoms with van der Waals surface area (Å²) in [5, 5.41) is 0.930. The number of hydrogen-bond acceptors (Lipinski definition) is 4. The van der Waals surface area contributed by atoms with Crippen LogP contribution in [0.5, 0.6) is 0 Å². The van der Waals surface area contributed by atoms with Gasteiger partial charge in [0.1, 0.15) is 17.8 Å². The summed E-state index contributed by atoms with van der Waals surface area (Å²) < 4.78 is 2.17. The van der Waals surface area contributed by atoms with Gasteiger partial charge in [0.15, 0.2) is 0 Å². The van der Waals surface area contributed by atoms with Crippen LogP contribution < -0.4 is 5.73 Å². The van der Waals surface area contributed by atoms with E-state index in [1.165, 1.54) is 6.33 Å². The van der Waals surface area contributed by atoms with Crippen LogP contribution in [0.1, 0.15) is 30.9 Å². The van der Waals surface area contributed by atoms with Crippen molar-refractivity contribution in [3.05, 3.63) is 18.1 Å². The molecule has 1 fully saturated rings. The second-order valence-corrected chi connectivity index (χ2v) is 6.07. The first-order chi connectivity index (χ1) is 9.99. The van der Waals surface area contributed by atoms with Crippen molar-refractivity contribution in [2.45, 2.75) is 32.2 Å². The van der Waals surface area contributed by atoms with Gasteiger partial charge in [0.25, 0.3) is 0 Å². The van der Waals surface area contributed by atoms with Gasteiger partial charge in [-0.05, 0) is 31.7 Å². The third kappa shape index (κ3) is 2.24. The van der Waals surface area contributed by atoms with Crippen molar-refractivity contribution in [2.75, 3.05) is 19.8 Å². The molecule has 21 heavy (non-hydrogen) atoms. The highest BCUT2D eigenvalue weighted by atomic mass is 16.2. The number of anilines is 1. The molecule has 1 aliphatic carbocycles. The Balaban J connectivity index is 1.93. The van der Waals surface area contributed by atoms with Crippen molar-refractivity contribution in [1.29, 1.82) is 0 Å². The van der Waals surface area contributed by atoms with Crippen LogP contribution in [0.25, 0.3) is 11.0 Å². The number of aryl methyl sites for hydroxylation is 1. The molecule has 2 unspecified atom stereocenters. The molecule has 0 aliphatic heterocycles. The summed E-state index contributed by atoms with van der Waals surface area (Å²) in [7, 11) is 3.64. The normalized spacial score (nSPS) is 21.9. The standard InChI is InChI=1S/C15H21N5O/c1-9-7-20(14-12(9)13(16)17-8-18-14)11-5-4-10(6-11)15(21)19(2)3/h7-8,10-11H,4-6H2,1-3H3,(H2,16,17,18). The van der Waals surface area contributed by atoms with Gasteiger partial charge in [-0.1, -0.05) is 0 Å². The molecule has 112 valence electrons. The molecular formula is C15H21N5O. The second kappa shape index (κ2) is 5.02. The number of carbonyl (C=O) groups is 1. The fraction of sp³-hybridized carbons (Fsp3) is 0.533. The lowest BCUT2D eigenvalue weighted by molar-refractivity contribution is -0.132. The molecule has 0 aromatic carbocycles. The van der Waals surface area contributed by atoms with E-state index >= 15 is 0 Å². The number of amides is 1. The molecule has 1 aliphatic rings. The fourth-order valence-corrected chi connectivity index (χ4v) is 3.38. The van der Waals surface area contributed by atoms with E-state index in [0.717, 1.165) is 35.9 Å². The number of nitrogens with two attached hydrogens (primary N) is 1. The molecule has 0 bridgehead atoms. The van der Waals surface area contributed by atoms with Gasteiger partial charge in [-0.15, -0.1) is 0 Å². The quantitative estimate of drug-likeness (QED) is 0.913. The Kier molecular flexibility index (Phi) is 3.31. The Morgan fingerprint density at radius 3 is 2.86 bits per heavy atom. The predicted octanol–water partition coefficient (Wildman–Crippen LogP) is 1.75. The minimum Gasteiger partial charge on any atom is -0.383 e. The number of carbonyl (C=O) groups excluding carboxylic acids is 1. The van der Waals surface area contributed by atoms with Crippen molar-refractivity contribution >= 4 is 22.8 Å². The topological polar surface area (TPSA) is 77.0 Å². The number of nitrogen functional groups attached to an aromatic ring is 1. The summed E-state index contributed by atoms with van der Waals surface area (Å²) in [5.41, 5.74) is 7.93. The van der Waals surface area contributed by atoms with E-state index < -0.39 is 0 Å². The van der Waals surface area contributed by atoms with Gasteiger partial charge in [0.2, 0.25) is 5.91 Å². The van der Waals surface area contributed by atoms with Gasteiger partial charge in [0, 0.05) is 32.3 Å². The van der Waals surface area contributed by atoms with Gasteiger partial charge in [-0.25, -0.2) is 9.97 Å². The number of fused-ring (bicyclic) bond motifs is 1. The lowest BCUT2D eigenvalue weighted by Crippen LogP contribution is -2.28. The van der Waals surface area contributed by atoms with E-state index in [1.807, 2.05) is 21.0 Å². The van der Waals surface area contributed by atoms with Crippen LogP contribution in [0.3, 0.4) is 0 Å². The molecule has 0 spiro atoms. The van der Waals surface area contributed by atoms with E-state index in [0.29, 0.717) is 11.9 Å². The Bertz CT molecular complexity index is 691. The summed E-state index contributed by atoms with van der Waals surface area (Å²) >= 11 is 0. The van der Waals surface area contributed by atoms with Crippen LogP contribution in [0.4, 0.5) is 5.82 Å². The minimum absolute atomic E-state index is 0.113. The minimum atomic E-state index is 0.113. The van der Waals surface area contributed by atoms with Crippen LogP contribution in [0, 0.1) is 12.8 Å². The molecule has 0 radical (unpaired) electrons. The van der Waals surface area contributed by atoms with Crippen LogP contribution >= 0.6 is 0 Å². The molecule has 6 heteroatoms. The molecule has 2 heterocycles. The van der Waals surface area contributed by atoms with E-state index in [-0.39, 0.29) is 11.8 Å². The molecule has 2 aromatic rings. The first-order valence-corrected chi connectivity index (χ1v) is 7.27. The zero-order valence-electron chi connectivity index (χ0n) is 12.7. The summed E-state index contributed by atoms with van der Waals surface area (Å²) in [4.78, 5) is 22.3. The molecule has 2 atom stereocenters. The smallest absolute Gasteiger partial charge is 0.225 e. The molecule has 0 saturated heterocycles. The summed E-state index contributed by atoms with van der Waals surface area (Å²) in [6, 6.07) is 0.310. The molecule has 3 rings (SSSR count). The monoisotopic (exact) mass is 287 g/mol. The molecule has 6 nitrogen and oxygen atoms in total. The highest BCUT2D eigenvalue weighted by molar-refractivity contribution is 5.89. The van der Waals surface area contributed by atoms with Gasteiger partial charge in [-0.3, -0.25) is 4.79 Å². The fourth-order valence-electron chi connectivity index (χ4n) is 3.38. The zero-order valence-corrected chi connectivity index (χ0v) is 12.7. The summed E-state index contributed by atoms with van der Waals surface area (Å²) in [5.74, 6) is 0.858. The number of rotatable bonds is 2. The molecule has 2 N–H and O–H groups in total. The van der Waals surface area contributed by atoms with Crippen LogP contribution in [0.15, 0.2) is 12.5 Å². The molecule has 2 aromatic heterocycles. The summed E-state index contributed by atoms with van der Waals surface area (Å²) in [6.07, 6.45) is 6.39. The number of hydrogen-bond donors (Lipinski definition) is 1. The lowest BCUT2D eigenvalue weighted by Gasteiger charge is -2.17. The van der Waals surface area contributed by atoms with Gasteiger partial charge < -0.3 is 15.2 Å². The van der Waals surface area contributed by atoms with E-state index in [1.54, 1.807) is 4.90 Å². The predicted molar refractivity (Wildman–Crippen MR) is 81.7 cm³/mol. The zero-order chi connectivity index (χ0) is 15.1. The average molecular weight is 287 g/mol. The highest BCUT2D eigenvalue weighted by Crippen LogP contribution is 2.38. The van der Waals surface area contributed by atoms with Gasteiger partial charge in [0.05, 0.1) is 5.39 Å². The van der Waals surface area contributed by atoms with E-state index in [4.69, 9.17) is 5.73 Å². The van der Waals surface area contributed by atoms with Crippen LogP contribution in [0.2, 0.25) is 0 Å². The first-order valence-electron chi connectivity index (χ1n) is 7.27. The van der Waals surface area contributed by atoms with Crippen LogP contribution in [-0.2, 0) is 4.79 Å². The highest BCUT2D eigenvalue weighted by Gasteiger charge is 2.32. The van der Waals surface area contributed by atoms with Gasteiger partial charge >= 0.3 is 0 Å². The molecule has 1 saturated carbocycles. The first kappa shape index (κ1) is 13.9. The second-order valence-electron chi connectivity index (χ2n) is 6.07. The number of aromatic nitrogens is 3. The largest absolute Gasteiger partial charge is 0.383 e. The third-order valence-corrected chi connectivity index (χ3v) is 4.42. The summed E-state index contributed by atoms with van der Waals surface area (Å²) in [6.45, 7) is 2.02. The van der Waals surface area contributed by atoms with Crippen molar-refractivity contribution in [2.24, 2.45) is 5.92 Å². The van der Waals surface area contributed by atoms with Crippen molar-refractivity contribution in [1.82, 2.24) is 19.4 Å². The Morgan fingerprint density at radius 1 is 1.38 bits per heavy atom. The van der Waals surface area contributed by atoms with Crippen molar-refractivity contribution < 1.29 is 4.79 Å². The van der Waals surface area contributed by atoms with Crippen molar-refractivity contribution in [3.8, 4) is 0 Å². The Hall–Kier alpha value is -2.11. The average Bonchev–Trinajstić information content (AvgIpc) is 3.03. The SMILES string of the molecule is Cc1cn(C2CCC(C(=O)N(C)C)C2)c2ncnc(N)c12. The maximum atomic E-state index is 12.1. The van der Waals surface area contributed by atoms with E-state index in [2.05, 4.69) is 20.7 Å². The molecule has 1 amide bonds. The maximum absolute atomic E-state index is 12.1. The molecular weight excluding hydrogens is 266 g/mol. The Labute approximate surface area is 124 Å². The lowest BCUT2D eigenvalue weighted by atomic mass is 10.1. The maximum Gasteiger partial charge on any atom is 0.225 e. The van der Waals surface area contributed by atoms with E-state index in [9.17, 15) is 4.79 Å². The van der Waals surface area contributed by atoms with Gasteiger partial charge in [-0.2, -0.15) is 0 Å². The Morgan fingerprint density at radius 2 is 2.14 bits per heavy atom. The third-order valence-electron chi connectivity index (χ3n) is 4.42. The van der Waals surface area contributed by atoms with Crippen LogP contribution in [-0.4, -0.2) is 39.4 Å². The number of nitrogens with zero attached hydrogens (tertiary/aromatic N) is 4.